The molecule has 0 spiro atoms. The molecule has 2 aromatic heterocycles. The third-order valence-electron chi connectivity index (χ3n) is 4.35. The van der Waals surface area contributed by atoms with Crippen LogP contribution in [0.1, 0.15) is 21.0 Å². The number of nitrogens with one attached hydrogen (secondary N) is 1. The number of anilines is 1. The summed E-state index contributed by atoms with van der Waals surface area (Å²) in [4.78, 5) is 18.4. The van der Waals surface area contributed by atoms with Gasteiger partial charge in [0.2, 0.25) is 0 Å². The van der Waals surface area contributed by atoms with E-state index < -0.39 is 5.91 Å². The third kappa shape index (κ3) is 3.79. The standard InChI is InChI=1S/C21H15ClFN3O2S/c1-11-17(19(26-28-11)15-5-3-4-6-16(15)22)20(27)25-21-24-18(12(2)29-21)13-7-9-14(23)10-8-13/h3-10H,1-2H3,(H,24,25,27). The Balaban J connectivity index is 1.65. The lowest BCUT2D eigenvalue weighted by atomic mass is 10.1. The SMILES string of the molecule is Cc1onc(-c2ccccc2Cl)c1C(=O)Nc1nc(-c2ccc(F)cc2)c(C)s1. The summed E-state index contributed by atoms with van der Waals surface area (Å²) < 4.78 is 18.4. The lowest BCUT2D eigenvalue weighted by Gasteiger charge is -2.04. The van der Waals surface area contributed by atoms with Crippen LogP contribution in [0.3, 0.4) is 0 Å². The molecule has 1 N–H and O–H groups in total. The predicted molar refractivity (Wildman–Crippen MR) is 112 cm³/mol. The lowest BCUT2D eigenvalue weighted by Crippen LogP contribution is -2.13. The number of carbonyl (C=O) groups excluding carboxylic acids is 1. The zero-order chi connectivity index (χ0) is 20.5. The quantitative estimate of drug-likeness (QED) is 0.425. The summed E-state index contributed by atoms with van der Waals surface area (Å²) in [5.74, 6) is -0.326. The van der Waals surface area contributed by atoms with E-state index in [1.165, 1.54) is 23.5 Å². The minimum Gasteiger partial charge on any atom is -0.360 e. The molecule has 0 radical (unpaired) electrons. The summed E-state index contributed by atoms with van der Waals surface area (Å²) in [7, 11) is 0. The molecule has 1 amide bonds. The monoisotopic (exact) mass is 427 g/mol. The predicted octanol–water partition coefficient (Wildman–Crippen LogP) is 6.13. The van der Waals surface area contributed by atoms with Gasteiger partial charge in [0.15, 0.2) is 5.13 Å². The zero-order valence-electron chi connectivity index (χ0n) is 15.5. The van der Waals surface area contributed by atoms with Crippen molar-refractivity contribution in [2.24, 2.45) is 0 Å². The van der Waals surface area contributed by atoms with Crippen LogP contribution in [0, 0.1) is 19.7 Å². The molecule has 0 fully saturated rings. The molecule has 0 aliphatic heterocycles. The van der Waals surface area contributed by atoms with Crippen LogP contribution in [0.25, 0.3) is 22.5 Å². The van der Waals surface area contributed by atoms with Crippen LogP contribution in [0.15, 0.2) is 53.1 Å². The molecule has 5 nitrogen and oxygen atoms in total. The summed E-state index contributed by atoms with van der Waals surface area (Å²) in [6.07, 6.45) is 0. The minimum absolute atomic E-state index is 0.300. The van der Waals surface area contributed by atoms with Crippen molar-refractivity contribution in [2.75, 3.05) is 5.32 Å². The van der Waals surface area contributed by atoms with Crippen molar-refractivity contribution in [3.05, 3.63) is 75.6 Å². The Hall–Kier alpha value is -3.03. The van der Waals surface area contributed by atoms with E-state index in [1.807, 2.05) is 13.0 Å². The minimum atomic E-state index is -0.391. The van der Waals surface area contributed by atoms with Crippen LogP contribution in [0.2, 0.25) is 5.02 Å². The number of thiazole rings is 1. The number of hydrogen-bond donors (Lipinski definition) is 1. The largest absolute Gasteiger partial charge is 0.360 e. The van der Waals surface area contributed by atoms with Gasteiger partial charge in [-0.05, 0) is 44.2 Å². The fourth-order valence-electron chi connectivity index (χ4n) is 2.96. The Morgan fingerprint density at radius 1 is 1.10 bits per heavy atom. The van der Waals surface area contributed by atoms with E-state index in [9.17, 15) is 9.18 Å². The van der Waals surface area contributed by atoms with Crippen molar-refractivity contribution in [1.29, 1.82) is 0 Å². The molecule has 0 atom stereocenters. The van der Waals surface area contributed by atoms with Crippen LogP contribution < -0.4 is 5.32 Å². The van der Waals surface area contributed by atoms with Gasteiger partial charge in [0.1, 0.15) is 22.8 Å². The Morgan fingerprint density at radius 3 is 2.55 bits per heavy atom. The van der Waals surface area contributed by atoms with Crippen molar-refractivity contribution in [3.63, 3.8) is 0 Å². The van der Waals surface area contributed by atoms with Gasteiger partial charge >= 0.3 is 0 Å². The summed E-state index contributed by atoms with van der Waals surface area (Å²) >= 11 is 7.59. The van der Waals surface area contributed by atoms with Gasteiger partial charge in [0.05, 0.1) is 10.7 Å². The van der Waals surface area contributed by atoms with Crippen molar-refractivity contribution in [1.82, 2.24) is 10.1 Å². The highest BCUT2D eigenvalue weighted by Crippen LogP contribution is 2.33. The molecule has 8 heteroatoms. The normalized spacial score (nSPS) is 10.9. The first-order chi connectivity index (χ1) is 13.9. The second kappa shape index (κ2) is 7.77. The van der Waals surface area contributed by atoms with E-state index in [2.05, 4.69) is 15.5 Å². The maximum Gasteiger partial charge on any atom is 0.263 e. The number of aryl methyl sites for hydroxylation is 2. The summed E-state index contributed by atoms with van der Waals surface area (Å²) in [5.41, 5.74) is 2.75. The molecular formula is C21H15ClFN3O2S. The van der Waals surface area contributed by atoms with Gasteiger partial charge < -0.3 is 4.52 Å². The average molecular weight is 428 g/mol. The number of amides is 1. The fourth-order valence-corrected chi connectivity index (χ4v) is 4.02. The molecule has 0 saturated heterocycles. The number of halogens is 2. The molecule has 2 aromatic carbocycles. The molecule has 2 heterocycles. The highest BCUT2D eigenvalue weighted by Gasteiger charge is 2.24. The molecule has 0 aliphatic rings. The molecule has 29 heavy (non-hydrogen) atoms. The molecule has 0 saturated carbocycles. The van der Waals surface area contributed by atoms with Gasteiger partial charge in [-0.25, -0.2) is 9.37 Å². The number of rotatable bonds is 4. The topological polar surface area (TPSA) is 68.0 Å². The van der Waals surface area contributed by atoms with Crippen LogP contribution >= 0.6 is 22.9 Å². The highest BCUT2D eigenvalue weighted by molar-refractivity contribution is 7.16. The molecule has 4 aromatic rings. The van der Waals surface area contributed by atoms with Gasteiger partial charge in [-0.1, -0.05) is 35.0 Å². The Kier molecular flexibility index (Phi) is 5.17. The van der Waals surface area contributed by atoms with E-state index in [0.717, 1.165) is 10.4 Å². The first kappa shape index (κ1) is 19.3. The van der Waals surface area contributed by atoms with E-state index in [0.29, 0.717) is 38.4 Å². The van der Waals surface area contributed by atoms with Gasteiger partial charge in [-0.15, -0.1) is 11.3 Å². The van der Waals surface area contributed by atoms with Crippen molar-refractivity contribution in [2.45, 2.75) is 13.8 Å². The Bertz CT molecular complexity index is 1200. The lowest BCUT2D eigenvalue weighted by molar-refractivity contribution is 0.102. The average Bonchev–Trinajstić information content (AvgIpc) is 3.25. The summed E-state index contributed by atoms with van der Waals surface area (Å²) in [6, 6.07) is 13.2. The maximum atomic E-state index is 13.2. The van der Waals surface area contributed by atoms with E-state index >= 15 is 0 Å². The third-order valence-corrected chi connectivity index (χ3v) is 5.57. The van der Waals surface area contributed by atoms with Crippen molar-refractivity contribution < 1.29 is 13.7 Å². The number of benzene rings is 2. The first-order valence-electron chi connectivity index (χ1n) is 8.70. The summed E-state index contributed by atoms with van der Waals surface area (Å²) in [6.45, 7) is 3.56. The zero-order valence-corrected chi connectivity index (χ0v) is 17.1. The second-order valence-electron chi connectivity index (χ2n) is 6.33. The van der Waals surface area contributed by atoms with E-state index in [-0.39, 0.29) is 5.82 Å². The van der Waals surface area contributed by atoms with Gasteiger partial charge in [0.25, 0.3) is 5.91 Å². The van der Waals surface area contributed by atoms with Gasteiger partial charge in [0, 0.05) is 16.0 Å². The second-order valence-corrected chi connectivity index (χ2v) is 7.94. The smallest absolute Gasteiger partial charge is 0.263 e. The fraction of sp³-hybridized carbons (Fsp3) is 0.0952. The van der Waals surface area contributed by atoms with Crippen LogP contribution in [0.5, 0.6) is 0 Å². The molecular weight excluding hydrogens is 413 g/mol. The molecule has 146 valence electrons. The van der Waals surface area contributed by atoms with E-state index in [1.54, 1.807) is 37.3 Å². The van der Waals surface area contributed by atoms with E-state index in [4.69, 9.17) is 16.1 Å². The Morgan fingerprint density at radius 2 is 1.83 bits per heavy atom. The number of nitrogens with zero attached hydrogens (tertiary/aromatic N) is 2. The number of hydrogen-bond acceptors (Lipinski definition) is 5. The maximum absolute atomic E-state index is 13.2. The highest BCUT2D eigenvalue weighted by atomic mass is 35.5. The molecule has 0 bridgehead atoms. The van der Waals surface area contributed by atoms with Crippen LogP contribution in [-0.2, 0) is 0 Å². The molecule has 4 rings (SSSR count). The number of aromatic nitrogens is 2. The molecule has 0 unspecified atom stereocenters. The van der Waals surface area contributed by atoms with Gasteiger partial charge in [-0.2, -0.15) is 0 Å². The van der Waals surface area contributed by atoms with Crippen molar-refractivity contribution >= 4 is 34.0 Å². The molecule has 0 aliphatic carbocycles. The first-order valence-corrected chi connectivity index (χ1v) is 9.89. The number of carbonyl (C=O) groups is 1. The van der Waals surface area contributed by atoms with Crippen LogP contribution in [0.4, 0.5) is 9.52 Å². The summed E-state index contributed by atoms with van der Waals surface area (Å²) in [5, 5.41) is 7.72. The Labute approximate surface area is 175 Å². The van der Waals surface area contributed by atoms with Crippen molar-refractivity contribution in [3.8, 4) is 22.5 Å². The van der Waals surface area contributed by atoms with Crippen LogP contribution in [-0.4, -0.2) is 16.0 Å². The van der Waals surface area contributed by atoms with Gasteiger partial charge in [-0.3, -0.25) is 10.1 Å².